The molecule has 0 spiro atoms. The molecule has 0 atom stereocenters. The van der Waals surface area contributed by atoms with Crippen LogP contribution in [0.1, 0.15) is 25.0 Å². The summed E-state index contributed by atoms with van der Waals surface area (Å²) < 4.78 is 0. The summed E-state index contributed by atoms with van der Waals surface area (Å²) in [6, 6.07) is 9.96. The number of rotatable bonds is 7. The van der Waals surface area contributed by atoms with E-state index in [1.807, 2.05) is 36.5 Å². The van der Waals surface area contributed by atoms with Gasteiger partial charge < -0.3 is 15.6 Å². The number of thiocarbonyl (C=S) groups is 1. The lowest BCUT2D eigenvalue weighted by molar-refractivity contribution is 0.661. The number of unbranched alkanes of at least 4 members (excludes halogenated alkanes) is 2. The second kappa shape index (κ2) is 8.32. The first-order valence-electron chi connectivity index (χ1n) is 6.92. The van der Waals surface area contributed by atoms with Gasteiger partial charge in [0.05, 0.1) is 6.33 Å². The molecule has 3 N–H and O–H groups in total. The monoisotopic (exact) mass is 288 g/mol. The fraction of sp³-hybridized carbons (Fsp3) is 0.333. The molecule has 0 saturated heterocycles. The highest BCUT2D eigenvalue weighted by Gasteiger charge is 1.97. The second-order valence-electron chi connectivity index (χ2n) is 4.63. The van der Waals surface area contributed by atoms with Crippen molar-refractivity contribution in [3.8, 4) is 0 Å². The number of anilines is 1. The van der Waals surface area contributed by atoms with E-state index in [0.717, 1.165) is 25.1 Å². The predicted octanol–water partition coefficient (Wildman–Crippen LogP) is 3.11. The highest BCUT2D eigenvalue weighted by Crippen LogP contribution is 2.05. The number of hydrogen-bond donors (Lipinski definition) is 3. The number of nitrogens with zero attached hydrogens (tertiary/aromatic N) is 1. The van der Waals surface area contributed by atoms with E-state index >= 15 is 0 Å². The van der Waals surface area contributed by atoms with E-state index in [2.05, 4.69) is 20.6 Å². The van der Waals surface area contributed by atoms with Gasteiger partial charge in [0.2, 0.25) is 0 Å². The van der Waals surface area contributed by atoms with E-state index in [9.17, 15) is 0 Å². The van der Waals surface area contributed by atoms with Crippen LogP contribution in [0.25, 0.3) is 0 Å². The molecule has 20 heavy (non-hydrogen) atoms. The Balaban J connectivity index is 1.51. The number of nitrogens with one attached hydrogen (secondary N) is 3. The molecule has 0 radical (unpaired) electrons. The molecule has 0 amide bonds. The fourth-order valence-corrected chi connectivity index (χ4v) is 2.16. The summed E-state index contributed by atoms with van der Waals surface area (Å²) in [5.74, 6) is 0. The molecular weight excluding hydrogens is 268 g/mol. The summed E-state index contributed by atoms with van der Waals surface area (Å²) >= 11 is 5.24. The van der Waals surface area contributed by atoms with Gasteiger partial charge in [-0.25, -0.2) is 4.98 Å². The minimum atomic E-state index is 0.685. The Morgan fingerprint density at radius 1 is 1.15 bits per heavy atom. The van der Waals surface area contributed by atoms with Crippen molar-refractivity contribution in [3.05, 3.63) is 48.5 Å². The van der Waals surface area contributed by atoms with Crippen LogP contribution in [0, 0.1) is 0 Å². The van der Waals surface area contributed by atoms with E-state index in [0.29, 0.717) is 5.11 Å². The van der Waals surface area contributed by atoms with Crippen LogP contribution in [0.5, 0.6) is 0 Å². The summed E-state index contributed by atoms with van der Waals surface area (Å²) in [6.07, 6.45) is 8.14. The lowest BCUT2D eigenvalue weighted by atomic mass is 10.1. The number of aromatic nitrogens is 2. The number of hydrogen-bond acceptors (Lipinski definition) is 2. The molecule has 1 aromatic carbocycles. The highest BCUT2D eigenvalue weighted by molar-refractivity contribution is 7.80. The molecule has 1 heterocycles. The van der Waals surface area contributed by atoms with Crippen LogP contribution in [0.15, 0.2) is 42.9 Å². The standard InChI is InChI=1S/C15H20N4S/c20-15(19-13-7-3-1-4-8-13)17-10-6-2-5-9-14-11-16-12-18-14/h1,3-4,7-8,11-12H,2,5-6,9-10H2,(H,16,18)(H2,17,19,20). The van der Waals surface area contributed by atoms with Gasteiger partial charge in [-0.15, -0.1) is 0 Å². The molecule has 0 aliphatic rings. The van der Waals surface area contributed by atoms with Gasteiger partial charge >= 0.3 is 0 Å². The average Bonchev–Trinajstić information content (AvgIpc) is 2.97. The van der Waals surface area contributed by atoms with Crippen molar-refractivity contribution < 1.29 is 0 Å². The molecule has 4 nitrogen and oxygen atoms in total. The predicted molar refractivity (Wildman–Crippen MR) is 86.8 cm³/mol. The van der Waals surface area contributed by atoms with E-state index in [1.165, 1.54) is 18.5 Å². The van der Waals surface area contributed by atoms with Crippen molar-refractivity contribution in [1.29, 1.82) is 0 Å². The first-order chi connectivity index (χ1) is 9.84. The van der Waals surface area contributed by atoms with E-state index < -0.39 is 0 Å². The lowest BCUT2D eigenvalue weighted by Crippen LogP contribution is -2.29. The van der Waals surface area contributed by atoms with Gasteiger partial charge in [0.1, 0.15) is 0 Å². The van der Waals surface area contributed by atoms with Gasteiger partial charge in [0.25, 0.3) is 0 Å². The quantitative estimate of drug-likeness (QED) is 0.541. The number of aryl methyl sites for hydroxylation is 1. The van der Waals surface area contributed by atoms with Gasteiger partial charge in [-0.3, -0.25) is 0 Å². The van der Waals surface area contributed by atoms with Crippen molar-refractivity contribution in [2.75, 3.05) is 11.9 Å². The molecular formula is C15H20N4S. The van der Waals surface area contributed by atoms with Gasteiger partial charge in [0, 0.05) is 24.1 Å². The molecule has 2 aromatic rings. The summed E-state index contributed by atoms with van der Waals surface area (Å²) in [5.41, 5.74) is 2.23. The first-order valence-corrected chi connectivity index (χ1v) is 7.32. The normalized spacial score (nSPS) is 10.2. The average molecular weight is 288 g/mol. The van der Waals surface area contributed by atoms with Crippen molar-refractivity contribution in [3.63, 3.8) is 0 Å². The third kappa shape index (κ3) is 5.40. The molecule has 0 unspecified atom stereocenters. The van der Waals surface area contributed by atoms with Gasteiger partial charge in [-0.2, -0.15) is 0 Å². The highest BCUT2D eigenvalue weighted by atomic mass is 32.1. The van der Waals surface area contributed by atoms with Crippen molar-refractivity contribution in [2.24, 2.45) is 0 Å². The van der Waals surface area contributed by atoms with Crippen molar-refractivity contribution in [2.45, 2.75) is 25.7 Å². The van der Waals surface area contributed by atoms with Crippen LogP contribution < -0.4 is 10.6 Å². The van der Waals surface area contributed by atoms with Crippen LogP contribution >= 0.6 is 12.2 Å². The molecule has 2 rings (SSSR count). The molecule has 1 aromatic heterocycles. The van der Waals surface area contributed by atoms with Crippen LogP contribution in [0.3, 0.4) is 0 Å². The number of aromatic amines is 1. The van der Waals surface area contributed by atoms with Crippen LogP contribution in [0.4, 0.5) is 5.69 Å². The molecule has 0 aliphatic carbocycles. The Morgan fingerprint density at radius 3 is 2.75 bits per heavy atom. The third-order valence-electron chi connectivity index (χ3n) is 2.99. The van der Waals surface area contributed by atoms with Crippen molar-refractivity contribution in [1.82, 2.24) is 15.3 Å². The van der Waals surface area contributed by atoms with Crippen LogP contribution in [-0.2, 0) is 6.42 Å². The van der Waals surface area contributed by atoms with Gasteiger partial charge in [-0.1, -0.05) is 24.6 Å². The summed E-state index contributed by atoms with van der Waals surface area (Å²) in [6.45, 7) is 0.904. The zero-order valence-corrected chi connectivity index (χ0v) is 12.2. The maximum absolute atomic E-state index is 5.24. The lowest BCUT2D eigenvalue weighted by Gasteiger charge is -2.10. The summed E-state index contributed by atoms with van der Waals surface area (Å²) in [4.78, 5) is 7.12. The van der Waals surface area contributed by atoms with Gasteiger partial charge in [0.15, 0.2) is 5.11 Å². The van der Waals surface area contributed by atoms with Crippen molar-refractivity contribution >= 4 is 23.0 Å². The molecule has 0 fully saturated rings. The van der Waals surface area contributed by atoms with E-state index in [4.69, 9.17) is 12.2 Å². The molecule has 106 valence electrons. The summed E-state index contributed by atoms with van der Waals surface area (Å²) in [5, 5.41) is 7.07. The SMILES string of the molecule is S=C(NCCCCCc1cnc[nH]1)Nc1ccccc1. The minimum absolute atomic E-state index is 0.685. The molecule has 0 aliphatic heterocycles. The van der Waals surface area contributed by atoms with Crippen LogP contribution in [0.2, 0.25) is 0 Å². The van der Waals surface area contributed by atoms with E-state index in [1.54, 1.807) is 6.33 Å². The van der Waals surface area contributed by atoms with E-state index in [-0.39, 0.29) is 0 Å². The molecule has 0 saturated carbocycles. The minimum Gasteiger partial charge on any atom is -0.362 e. The first kappa shape index (κ1) is 14.5. The molecule has 5 heteroatoms. The second-order valence-corrected chi connectivity index (χ2v) is 5.04. The Bertz CT molecular complexity index is 496. The Kier molecular flexibility index (Phi) is 6.05. The Hall–Kier alpha value is -1.88. The topological polar surface area (TPSA) is 52.7 Å². The number of para-hydroxylation sites is 1. The number of benzene rings is 1. The smallest absolute Gasteiger partial charge is 0.170 e. The maximum Gasteiger partial charge on any atom is 0.170 e. The van der Waals surface area contributed by atoms with Gasteiger partial charge in [-0.05, 0) is 43.6 Å². The number of imidazole rings is 1. The number of H-pyrrole nitrogens is 1. The Morgan fingerprint density at radius 2 is 2.00 bits per heavy atom. The third-order valence-corrected chi connectivity index (χ3v) is 3.24. The Labute approximate surface area is 125 Å². The van der Waals surface area contributed by atoms with Crippen LogP contribution in [-0.4, -0.2) is 21.6 Å². The maximum atomic E-state index is 5.24. The zero-order chi connectivity index (χ0) is 14.0. The fourth-order valence-electron chi connectivity index (χ4n) is 1.94. The summed E-state index contributed by atoms with van der Waals surface area (Å²) in [7, 11) is 0. The zero-order valence-electron chi connectivity index (χ0n) is 11.4. The molecule has 0 bridgehead atoms. The largest absolute Gasteiger partial charge is 0.362 e.